The Morgan fingerprint density at radius 3 is 2.59 bits per heavy atom. The molecule has 1 unspecified atom stereocenters. The number of carbonyl (C=O) groups excluding carboxylic acids is 3. The molecule has 0 radical (unpaired) electrons. The molecule has 10 heteroatoms. The average Bonchev–Trinajstić information content (AvgIpc) is 3.49. The van der Waals surface area contributed by atoms with Crippen molar-refractivity contribution in [3.63, 3.8) is 0 Å². The van der Waals surface area contributed by atoms with Crippen molar-refractivity contribution in [2.24, 2.45) is 5.92 Å². The van der Waals surface area contributed by atoms with Gasteiger partial charge in [-0.05, 0) is 44.0 Å². The molecule has 37 heavy (non-hydrogen) atoms. The Hall–Kier alpha value is -3.37. The number of thioether (sulfide) groups is 1. The molecular weight excluding hydrogens is 508 g/mol. The van der Waals surface area contributed by atoms with Crippen LogP contribution in [0.2, 0.25) is 0 Å². The van der Waals surface area contributed by atoms with E-state index < -0.39 is 5.92 Å². The molecule has 3 amide bonds. The molecule has 5 rings (SSSR count). The quantitative estimate of drug-likeness (QED) is 0.368. The Morgan fingerprint density at radius 1 is 1.14 bits per heavy atom. The third kappa shape index (κ3) is 6.31. The third-order valence-electron chi connectivity index (χ3n) is 6.12. The van der Waals surface area contributed by atoms with Crippen molar-refractivity contribution in [1.29, 1.82) is 0 Å². The number of ether oxygens (including phenoxy) is 1. The minimum Gasteiger partial charge on any atom is -0.494 e. The molecule has 1 aliphatic heterocycles. The topological polar surface area (TPSA) is 101 Å². The molecule has 2 heterocycles. The molecule has 1 aromatic heterocycles. The Balaban J connectivity index is 1.28. The van der Waals surface area contributed by atoms with Crippen LogP contribution in [0.1, 0.15) is 26.2 Å². The SMILES string of the molecule is CCOc1ccc(N2CC(C(=O)Nc3sc(SCC(=O)NC4CC4)nc3-c3ccccc3)CC2=O)cc1. The Labute approximate surface area is 223 Å². The first-order valence-corrected chi connectivity index (χ1v) is 14.1. The van der Waals surface area contributed by atoms with Crippen molar-refractivity contribution in [2.45, 2.75) is 36.6 Å². The largest absolute Gasteiger partial charge is 0.494 e. The van der Waals surface area contributed by atoms with Crippen molar-refractivity contribution in [1.82, 2.24) is 10.3 Å². The fourth-order valence-corrected chi connectivity index (χ4v) is 5.98. The number of thiazole rings is 1. The number of amides is 3. The summed E-state index contributed by atoms with van der Waals surface area (Å²) < 4.78 is 6.19. The van der Waals surface area contributed by atoms with Crippen LogP contribution >= 0.6 is 23.1 Å². The molecule has 0 spiro atoms. The number of carbonyl (C=O) groups is 3. The molecule has 1 aliphatic carbocycles. The van der Waals surface area contributed by atoms with Gasteiger partial charge in [0.1, 0.15) is 16.4 Å². The summed E-state index contributed by atoms with van der Waals surface area (Å²) in [5, 5.41) is 6.62. The summed E-state index contributed by atoms with van der Waals surface area (Å²) in [6.45, 7) is 2.79. The maximum absolute atomic E-state index is 13.3. The molecule has 1 atom stereocenters. The van der Waals surface area contributed by atoms with Gasteiger partial charge in [0.05, 0.1) is 18.3 Å². The van der Waals surface area contributed by atoms with E-state index in [1.54, 1.807) is 4.90 Å². The molecule has 192 valence electrons. The van der Waals surface area contributed by atoms with Crippen LogP contribution in [-0.2, 0) is 14.4 Å². The molecule has 0 bridgehead atoms. The van der Waals surface area contributed by atoms with E-state index in [1.807, 2.05) is 61.5 Å². The summed E-state index contributed by atoms with van der Waals surface area (Å²) in [6.07, 6.45) is 2.23. The van der Waals surface area contributed by atoms with Gasteiger partial charge in [-0.2, -0.15) is 0 Å². The Bertz CT molecular complexity index is 1280. The van der Waals surface area contributed by atoms with Gasteiger partial charge in [0, 0.05) is 30.3 Å². The van der Waals surface area contributed by atoms with Gasteiger partial charge < -0.3 is 20.3 Å². The Morgan fingerprint density at radius 2 is 1.89 bits per heavy atom. The van der Waals surface area contributed by atoms with Gasteiger partial charge in [-0.1, -0.05) is 53.4 Å². The van der Waals surface area contributed by atoms with Gasteiger partial charge in [0.2, 0.25) is 17.7 Å². The van der Waals surface area contributed by atoms with Crippen LogP contribution in [-0.4, -0.2) is 47.7 Å². The van der Waals surface area contributed by atoms with Crippen molar-refractivity contribution >= 4 is 51.5 Å². The molecule has 2 fully saturated rings. The van der Waals surface area contributed by atoms with Crippen molar-refractivity contribution in [3.8, 4) is 17.0 Å². The number of hydrogen-bond acceptors (Lipinski definition) is 7. The molecule has 8 nitrogen and oxygen atoms in total. The summed E-state index contributed by atoms with van der Waals surface area (Å²) in [7, 11) is 0. The number of aromatic nitrogens is 1. The minimum atomic E-state index is -0.481. The average molecular weight is 537 g/mol. The van der Waals surface area contributed by atoms with E-state index in [1.165, 1.54) is 23.1 Å². The van der Waals surface area contributed by atoms with Crippen LogP contribution in [0.5, 0.6) is 5.75 Å². The summed E-state index contributed by atoms with van der Waals surface area (Å²) >= 11 is 2.71. The van der Waals surface area contributed by atoms with E-state index in [2.05, 4.69) is 10.6 Å². The first kappa shape index (κ1) is 25.3. The van der Waals surface area contributed by atoms with E-state index >= 15 is 0 Å². The second-order valence-electron chi connectivity index (χ2n) is 8.98. The fraction of sp³-hybridized carbons (Fsp3) is 0.333. The smallest absolute Gasteiger partial charge is 0.230 e. The van der Waals surface area contributed by atoms with Gasteiger partial charge in [0.25, 0.3) is 0 Å². The first-order chi connectivity index (χ1) is 18.0. The number of nitrogens with one attached hydrogen (secondary N) is 2. The van der Waals surface area contributed by atoms with E-state index in [0.29, 0.717) is 34.2 Å². The van der Waals surface area contributed by atoms with E-state index in [9.17, 15) is 14.4 Å². The highest BCUT2D eigenvalue weighted by Crippen LogP contribution is 2.38. The summed E-state index contributed by atoms with van der Waals surface area (Å²) in [5.74, 6) is 0.225. The molecular formula is C27H28N4O4S2. The van der Waals surface area contributed by atoms with Gasteiger partial charge in [-0.25, -0.2) is 4.98 Å². The third-order valence-corrected chi connectivity index (χ3v) is 8.23. The highest BCUT2D eigenvalue weighted by Gasteiger charge is 2.36. The van der Waals surface area contributed by atoms with Crippen LogP contribution in [0.25, 0.3) is 11.3 Å². The van der Waals surface area contributed by atoms with Gasteiger partial charge in [-0.3, -0.25) is 14.4 Å². The van der Waals surface area contributed by atoms with E-state index in [4.69, 9.17) is 9.72 Å². The lowest BCUT2D eigenvalue weighted by molar-refractivity contribution is -0.122. The van der Waals surface area contributed by atoms with Crippen LogP contribution < -0.4 is 20.3 Å². The Kier molecular flexibility index (Phi) is 7.76. The van der Waals surface area contributed by atoms with Crippen LogP contribution in [0.15, 0.2) is 58.9 Å². The molecule has 2 N–H and O–H groups in total. The van der Waals surface area contributed by atoms with E-state index in [0.717, 1.165) is 29.8 Å². The standard InChI is InChI=1S/C27H28N4O4S2/c1-2-35-21-12-10-20(11-13-21)31-15-18(14-23(31)33)25(34)30-26-24(17-6-4-3-5-7-17)29-27(37-26)36-16-22(32)28-19-8-9-19/h3-7,10-13,18-19H,2,8-9,14-16H2,1H3,(H,28,32)(H,30,34). The number of rotatable bonds is 10. The summed E-state index contributed by atoms with van der Waals surface area (Å²) in [5.41, 5.74) is 2.29. The second kappa shape index (κ2) is 11.4. The minimum absolute atomic E-state index is 0.00612. The molecule has 3 aromatic rings. The predicted octanol–water partition coefficient (Wildman–Crippen LogP) is 4.57. The predicted molar refractivity (Wildman–Crippen MR) is 146 cm³/mol. The van der Waals surface area contributed by atoms with Crippen molar-refractivity contribution < 1.29 is 19.1 Å². The van der Waals surface area contributed by atoms with Crippen LogP contribution in [0, 0.1) is 5.92 Å². The number of nitrogens with zero attached hydrogens (tertiary/aromatic N) is 2. The fourth-order valence-electron chi connectivity index (χ4n) is 4.10. The number of hydrogen-bond donors (Lipinski definition) is 2. The van der Waals surface area contributed by atoms with Crippen LogP contribution in [0.4, 0.5) is 10.7 Å². The highest BCUT2D eigenvalue weighted by molar-refractivity contribution is 8.01. The molecule has 1 saturated carbocycles. The van der Waals surface area contributed by atoms with Crippen LogP contribution in [0.3, 0.4) is 0 Å². The molecule has 2 aliphatic rings. The zero-order chi connectivity index (χ0) is 25.8. The highest BCUT2D eigenvalue weighted by atomic mass is 32.2. The maximum atomic E-state index is 13.3. The number of anilines is 2. The first-order valence-electron chi connectivity index (χ1n) is 12.3. The summed E-state index contributed by atoms with van der Waals surface area (Å²) in [6, 6.07) is 17.3. The van der Waals surface area contributed by atoms with Gasteiger partial charge in [0.15, 0.2) is 4.34 Å². The monoisotopic (exact) mass is 536 g/mol. The zero-order valence-electron chi connectivity index (χ0n) is 20.4. The lowest BCUT2D eigenvalue weighted by atomic mass is 10.1. The lowest BCUT2D eigenvalue weighted by Gasteiger charge is -2.17. The number of benzene rings is 2. The van der Waals surface area contributed by atoms with Gasteiger partial charge in [-0.15, -0.1) is 0 Å². The van der Waals surface area contributed by atoms with E-state index in [-0.39, 0.29) is 29.9 Å². The second-order valence-corrected chi connectivity index (χ2v) is 11.2. The molecule has 2 aromatic carbocycles. The van der Waals surface area contributed by atoms with Crippen molar-refractivity contribution in [3.05, 3.63) is 54.6 Å². The lowest BCUT2D eigenvalue weighted by Crippen LogP contribution is -2.28. The molecule has 1 saturated heterocycles. The normalized spacial score (nSPS) is 17.1. The maximum Gasteiger partial charge on any atom is 0.230 e. The van der Waals surface area contributed by atoms with Gasteiger partial charge >= 0.3 is 0 Å². The summed E-state index contributed by atoms with van der Waals surface area (Å²) in [4.78, 5) is 44.5. The van der Waals surface area contributed by atoms with Crippen molar-refractivity contribution in [2.75, 3.05) is 29.1 Å². The zero-order valence-corrected chi connectivity index (χ0v) is 22.1.